The largest absolute Gasteiger partial charge is 0.504 e. The molecule has 0 radical (unpaired) electrons. The first kappa shape index (κ1) is 24.1. The van der Waals surface area contributed by atoms with E-state index in [-0.39, 0.29) is 23.2 Å². The standard InChI is InChI=1S/C24H38O4/c1-2-3-4-5-6-7-8-9-10-11-12-13-14-15-16-20-23(26)28-22-19-17-18-21(25)24(22)27/h9-10,17-19,25,27H,2-8,11-16,20H2,1H3. The van der Waals surface area contributed by atoms with Crippen LogP contribution in [0.3, 0.4) is 0 Å². The fourth-order valence-corrected chi connectivity index (χ4v) is 3.11. The second-order valence-electron chi connectivity index (χ2n) is 7.43. The Morgan fingerprint density at radius 2 is 1.43 bits per heavy atom. The summed E-state index contributed by atoms with van der Waals surface area (Å²) in [5.41, 5.74) is 0. The van der Waals surface area contributed by atoms with E-state index in [1.54, 1.807) is 0 Å². The maximum Gasteiger partial charge on any atom is 0.311 e. The maximum absolute atomic E-state index is 11.8. The number of para-hydroxylation sites is 1. The van der Waals surface area contributed by atoms with Gasteiger partial charge >= 0.3 is 5.97 Å². The van der Waals surface area contributed by atoms with Crippen molar-refractivity contribution in [1.29, 1.82) is 0 Å². The smallest absolute Gasteiger partial charge is 0.311 e. The lowest BCUT2D eigenvalue weighted by Crippen LogP contribution is -2.07. The molecule has 1 aromatic rings. The summed E-state index contributed by atoms with van der Waals surface area (Å²) >= 11 is 0. The van der Waals surface area contributed by atoms with Crippen LogP contribution in [0.5, 0.6) is 17.2 Å². The number of phenols is 2. The molecule has 0 atom stereocenters. The molecule has 0 aliphatic rings. The number of rotatable bonds is 16. The molecule has 2 N–H and O–H groups in total. The van der Waals surface area contributed by atoms with Gasteiger partial charge in [-0.25, -0.2) is 0 Å². The number of ether oxygens (including phenoxy) is 1. The van der Waals surface area contributed by atoms with E-state index >= 15 is 0 Å². The van der Waals surface area contributed by atoms with Crippen LogP contribution in [0.4, 0.5) is 0 Å². The molecule has 0 aliphatic carbocycles. The average molecular weight is 391 g/mol. The van der Waals surface area contributed by atoms with Crippen LogP contribution in [0, 0.1) is 0 Å². The molecule has 4 heteroatoms. The highest BCUT2D eigenvalue weighted by molar-refractivity contribution is 5.73. The third-order valence-electron chi connectivity index (χ3n) is 4.84. The van der Waals surface area contributed by atoms with Crippen LogP contribution < -0.4 is 4.74 Å². The highest BCUT2D eigenvalue weighted by atomic mass is 16.5. The van der Waals surface area contributed by atoms with Crippen molar-refractivity contribution >= 4 is 5.97 Å². The monoisotopic (exact) mass is 390 g/mol. The number of allylic oxidation sites excluding steroid dienone is 2. The number of hydrogen-bond donors (Lipinski definition) is 2. The summed E-state index contributed by atoms with van der Waals surface area (Å²) in [5.74, 6) is -1.04. The highest BCUT2D eigenvalue weighted by Gasteiger charge is 2.11. The molecule has 0 saturated heterocycles. The van der Waals surface area contributed by atoms with Gasteiger partial charge in [0.15, 0.2) is 11.5 Å². The first-order valence-corrected chi connectivity index (χ1v) is 11.0. The van der Waals surface area contributed by atoms with Gasteiger partial charge in [0.2, 0.25) is 5.75 Å². The molecule has 0 aromatic heterocycles. The zero-order chi connectivity index (χ0) is 20.5. The Morgan fingerprint density at radius 1 is 0.857 bits per heavy atom. The van der Waals surface area contributed by atoms with Crippen molar-refractivity contribution < 1.29 is 19.7 Å². The molecule has 158 valence electrons. The van der Waals surface area contributed by atoms with E-state index in [9.17, 15) is 15.0 Å². The molecule has 1 rings (SSSR count). The lowest BCUT2D eigenvalue weighted by Gasteiger charge is -2.07. The zero-order valence-corrected chi connectivity index (χ0v) is 17.5. The minimum atomic E-state index is -0.389. The normalized spacial score (nSPS) is 11.2. The van der Waals surface area contributed by atoms with Crippen molar-refractivity contribution in [3.8, 4) is 17.2 Å². The summed E-state index contributed by atoms with van der Waals surface area (Å²) in [6.07, 6.45) is 20.7. The Balaban J connectivity index is 1.93. The Morgan fingerprint density at radius 3 is 2.07 bits per heavy atom. The minimum absolute atomic E-state index is 0.0118. The summed E-state index contributed by atoms with van der Waals surface area (Å²) in [4.78, 5) is 11.8. The molecule has 0 unspecified atom stereocenters. The molecule has 0 spiro atoms. The van der Waals surface area contributed by atoms with Crippen LogP contribution in [0.15, 0.2) is 30.4 Å². The summed E-state index contributed by atoms with van der Waals surface area (Å²) in [5, 5.41) is 19.0. The summed E-state index contributed by atoms with van der Waals surface area (Å²) < 4.78 is 5.09. The number of aromatic hydroxyl groups is 2. The van der Waals surface area contributed by atoms with Gasteiger partial charge in [-0.3, -0.25) is 4.79 Å². The van der Waals surface area contributed by atoms with Crippen LogP contribution >= 0.6 is 0 Å². The van der Waals surface area contributed by atoms with E-state index in [1.807, 2.05) is 0 Å². The fraction of sp³-hybridized carbons (Fsp3) is 0.625. The van der Waals surface area contributed by atoms with Gasteiger partial charge in [-0.05, 0) is 44.2 Å². The Labute approximate surface area is 170 Å². The van der Waals surface area contributed by atoms with Crippen LogP contribution in [0.2, 0.25) is 0 Å². The first-order valence-electron chi connectivity index (χ1n) is 11.0. The number of hydrogen-bond acceptors (Lipinski definition) is 4. The topological polar surface area (TPSA) is 66.8 Å². The summed E-state index contributed by atoms with van der Waals surface area (Å²) in [6.45, 7) is 2.25. The number of carbonyl (C=O) groups excluding carboxylic acids is 1. The first-order chi connectivity index (χ1) is 13.6. The molecule has 0 bridgehead atoms. The molecule has 28 heavy (non-hydrogen) atoms. The third-order valence-corrected chi connectivity index (χ3v) is 4.84. The van der Waals surface area contributed by atoms with Crippen molar-refractivity contribution in [3.05, 3.63) is 30.4 Å². The average Bonchev–Trinajstić information content (AvgIpc) is 2.68. The second kappa shape index (κ2) is 16.0. The lowest BCUT2D eigenvalue weighted by molar-refractivity contribution is -0.134. The Hall–Kier alpha value is -1.97. The maximum atomic E-state index is 11.8. The van der Waals surface area contributed by atoms with E-state index in [4.69, 9.17) is 4.74 Å². The molecular weight excluding hydrogens is 352 g/mol. The number of benzene rings is 1. The van der Waals surface area contributed by atoms with Crippen LogP contribution in [0.1, 0.15) is 96.8 Å². The van der Waals surface area contributed by atoms with Crippen molar-refractivity contribution in [2.75, 3.05) is 0 Å². The molecule has 0 fully saturated rings. The third kappa shape index (κ3) is 11.7. The fourth-order valence-electron chi connectivity index (χ4n) is 3.11. The minimum Gasteiger partial charge on any atom is -0.504 e. The lowest BCUT2D eigenvalue weighted by atomic mass is 10.1. The van der Waals surface area contributed by atoms with E-state index < -0.39 is 0 Å². The van der Waals surface area contributed by atoms with Crippen molar-refractivity contribution in [2.24, 2.45) is 0 Å². The second-order valence-corrected chi connectivity index (χ2v) is 7.43. The summed E-state index contributed by atoms with van der Waals surface area (Å²) in [7, 11) is 0. The van der Waals surface area contributed by atoms with Crippen LogP contribution in [-0.2, 0) is 4.79 Å². The molecule has 1 aromatic carbocycles. The number of carbonyl (C=O) groups is 1. The molecule has 4 nitrogen and oxygen atoms in total. The molecule has 0 heterocycles. The van der Waals surface area contributed by atoms with Crippen molar-refractivity contribution in [1.82, 2.24) is 0 Å². The summed E-state index contributed by atoms with van der Waals surface area (Å²) in [6, 6.07) is 4.34. The van der Waals surface area contributed by atoms with Crippen molar-refractivity contribution in [2.45, 2.75) is 96.8 Å². The van der Waals surface area contributed by atoms with Gasteiger partial charge in [-0.2, -0.15) is 0 Å². The van der Waals surface area contributed by atoms with E-state index in [1.165, 1.54) is 76.0 Å². The molecule has 0 saturated carbocycles. The zero-order valence-electron chi connectivity index (χ0n) is 17.5. The highest BCUT2D eigenvalue weighted by Crippen LogP contribution is 2.34. The van der Waals surface area contributed by atoms with Gasteiger partial charge in [0, 0.05) is 6.42 Å². The van der Waals surface area contributed by atoms with E-state index in [0.29, 0.717) is 6.42 Å². The van der Waals surface area contributed by atoms with Gasteiger partial charge in [0.25, 0.3) is 0 Å². The van der Waals surface area contributed by atoms with Gasteiger partial charge in [-0.1, -0.05) is 76.5 Å². The molecule has 0 amide bonds. The van der Waals surface area contributed by atoms with E-state index in [2.05, 4.69) is 19.1 Å². The van der Waals surface area contributed by atoms with Gasteiger partial charge < -0.3 is 14.9 Å². The van der Waals surface area contributed by atoms with Crippen molar-refractivity contribution in [3.63, 3.8) is 0 Å². The SMILES string of the molecule is CCCCCCCCC=CCCCCCCCC(=O)Oc1cccc(O)c1O. The van der Waals surface area contributed by atoms with Gasteiger partial charge in [0.05, 0.1) is 0 Å². The Kier molecular flexibility index (Phi) is 13.8. The quantitative estimate of drug-likeness (QED) is 0.104. The van der Waals surface area contributed by atoms with Gasteiger partial charge in [-0.15, -0.1) is 0 Å². The van der Waals surface area contributed by atoms with Crippen LogP contribution in [0.25, 0.3) is 0 Å². The Bertz CT molecular complexity index is 566. The number of phenolic OH excluding ortho intramolecular Hbond substituents is 2. The number of esters is 1. The van der Waals surface area contributed by atoms with Gasteiger partial charge in [0.1, 0.15) is 0 Å². The number of unbranched alkanes of at least 4 members (excludes halogenated alkanes) is 11. The molecular formula is C24H38O4. The molecule has 0 aliphatic heterocycles. The predicted octanol–water partition coefficient (Wildman–Crippen LogP) is 7.04. The predicted molar refractivity (Wildman–Crippen MR) is 115 cm³/mol. The van der Waals surface area contributed by atoms with Crippen LogP contribution in [-0.4, -0.2) is 16.2 Å². The van der Waals surface area contributed by atoms with E-state index in [0.717, 1.165) is 25.7 Å².